The van der Waals surface area contributed by atoms with Crippen molar-refractivity contribution in [1.82, 2.24) is 14.9 Å². The van der Waals surface area contributed by atoms with Crippen molar-refractivity contribution in [1.29, 1.82) is 0 Å². The lowest BCUT2D eigenvalue weighted by molar-refractivity contribution is 0.311. The quantitative estimate of drug-likeness (QED) is 0.913. The van der Waals surface area contributed by atoms with Crippen molar-refractivity contribution in [2.75, 3.05) is 6.54 Å². The molecule has 1 aromatic rings. The topological polar surface area (TPSA) is 29.9 Å². The molecule has 3 nitrogen and oxygen atoms in total. The zero-order chi connectivity index (χ0) is 13.9. The first-order valence-corrected chi connectivity index (χ1v) is 8.52. The minimum absolute atomic E-state index is 0.692. The number of hydrogen-bond acceptors (Lipinski definition) is 2. The first-order valence-electron chi connectivity index (χ1n) is 8.52. The average Bonchev–Trinajstić information content (AvgIpc) is 2.77. The van der Waals surface area contributed by atoms with Crippen molar-refractivity contribution in [2.24, 2.45) is 11.8 Å². The molecule has 0 bridgehead atoms. The van der Waals surface area contributed by atoms with Crippen molar-refractivity contribution >= 4 is 0 Å². The Morgan fingerprint density at radius 1 is 1.25 bits per heavy atom. The largest absolute Gasteiger partial charge is 0.331 e. The van der Waals surface area contributed by atoms with E-state index in [4.69, 9.17) is 4.98 Å². The van der Waals surface area contributed by atoms with E-state index < -0.39 is 0 Å². The zero-order valence-corrected chi connectivity index (χ0v) is 13.1. The van der Waals surface area contributed by atoms with Crippen molar-refractivity contribution in [2.45, 2.75) is 71.9 Å². The van der Waals surface area contributed by atoms with Gasteiger partial charge in [0.15, 0.2) is 0 Å². The third kappa shape index (κ3) is 3.08. The molecule has 0 radical (unpaired) electrons. The number of hydrogen-bond donors (Lipinski definition) is 1. The van der Waals surface area contributed by atoms with Crippen LogP contribution in [-0.4, -0.2) is 16.1 Å². The summed E-state index contributed by atoms with van der Waals surface area (Å²) in [5, 5.41) is 3.46. The number of nitrogens with zero attached hydrogens (tertiary/aromatic N) is 2. The molecule has 112 valence electrons. The molecule has 20 heavy (non-hydrogen) atoms. The Balaban J connectivity index is 1.83. The van der Waals surface area contributed by atoms with Gasteiger partial charge in [-0.15, -0.1) is 0 Å². The average molecular weight is 275 g/mol. The molecule has 1 fully saturated rings. The summed E-state index contributed by atoms with van der Waals surface area (Å²) in [6.45, 7) is 7.92. The van der Waals surface area contributed by atoms with Gasteiger partial charge in [-0.25, -0.2) is 4.98 Å². The first kappa shape index (κ1) is 14.1. The first-order chi connectivity index (χ1) is 9.74. The van der Waals surface area contributed by atoms with Gasteiger partial charge in [0.1, 0.15) is 5.82 Å². The van der Waals surface area contributed by atoms with E-state index in [1.54, 1.807) is 0 Å². The molecule has 3 rings (SSSR count). The molecular formula is C17H29N3. The van der Waals surface area contributed by atoms with Crippen LogP contribution in [0.2, 0.25) is 0 Å². The van der Waals surface area contributed by atoms with E-state index in [1.165, 1.54) is 55.9 Å². The van der Waals surface area contributed by atoms with Gasteiger partial charge in [-0.05, 0) is 24.7 Å². The Bertz CT molecular complexity index is 441. The second-order valence-corrected chi connectivity index (χ2v) is 7.06. The third-order valence-electron chi connectivity index (χ3n) is 4.82. The summed E-state index contributed by atoms with van der Waals surface area (Å²) < 4.78 is 2.60. The highest BCUT2D eigenvalue weighted by Gasteiger charge is 2.23. The van der Waals surface area contributed by atoms with Crippen LogP contribution in [0.5, 0.6) is 0 Å². The molecule has 0 saturated heterocycles. The van der Waals surface area contributed by atoms with Crippen LogP contribution in [-0.2, 0) is 25.9 Å². The van der Waals surface area contributed by atoms with Crippen molar-refractivity contribution < 1.29 is 0 Å². The Morgan fingerprint density at radius 2 is 2.05 bits per heavy atom. The SMILES string of the molecule is CC(C)Cc1nc2c(n1CC1CCCCC1)CCNC2. The van der Waals surface area contributed by atoms with Gasteiger partial charge in [0.2, 0.25) is 0 Å². The van der Waals surface area contributed by atoms with Gasteiger partial charge < -0.3 is 9.88 Å². The fraction of sp³-hybridized carbons (Fsp3) is 0.824. The predicted molar refractivity (Wildman–Crippen MR) is 82.8 cm³/mol. The van der Waals surface area contributed by atoms with E-state index >= 15 is 0 Å². The fourth-order valence-electron chi connectivity index (χ4n) is 3.79. The lowest BCUT2D eigenvalue weighted by Gasteiger charge is -2.25. The summed E-state index contributed by atoms with van der Waals surface area (Å²) in [4.78, 5) is 4.96. The van der Waals surface area contributed by atoms with Gasteiger partial charge in [-0.1, -0.05) is 33.1 Å². The minimum atomic E-state index is 0.692. The Kier molecular flexibility index (Phi) is 4.45. The maximum Gasteiger partial charge on any atom is 0.109 e. The third-order valence-corrected chi connectivity index (χ3v) is 4.82. The van der Waals surface area contributed by atoms with E-state index in [0.29, 0.717) is 5.92 Å². The number of nitrogens with one attached hydrogen (secondary N) is 1. The van der Waals surface area contributed by atoms with E-state index in [2.05, 4.69) is 23.7 Å². The molecule has 2 aliphatic rings. The van der Waals surface area contributed by atoms with Gasteiger partial charge >= 0.3 is 0 Å². The molecule has 2 heterocycles. The molecule has 0 unspecified atom stereocenters. The molecule has 1 N–H and O–H groups in total. The summed E-state index contributed by atoms with van der Waals surface area (Å²) in [6, 6.07) is 0. The molecule has 1 aromatic heterocycles. The van der Waals surface area contributed by atoms with Crippen LogP contribution >= 0.6 is 0 Å². The van der Waals surface area contributed by atoms with Crippen LogP contribution in [0, 0.1) is 11.8 Å². The van der Waals surface area contributed by atoms with E-state index in [-0.39, 0.29) is 0 Å². The molecule has 0 amide bonds. The normalized spacial score (nSPS) is 20.4. The molecule has 1 aliphatic heterocycles. The van der Waals surface area contributed by atoms with Crippen molar-refractivity contribution in [3.05, 3.63) is 17.2 Å². The van der Waals surface area contributed by atoms with Gasteiger partial charge in [0.25, 0.3) is 0 Å². The molecule has 0 aromatic carbocycles. The summed E-state index contributed by atoms with van der Waals surface area (Å²) in [5.74, 6) is 2.93. The van der Waals surface area contributed by atoms with Gasteiger partial charge in [0.05, 0.1) is 5.69 Å². The number of imidazole rings is 1. The molecule has 0 spiro atoms. The Morgan fingerprint density at radius 3 is 2.80 bits per heavy atom. The highest BCUT2D eigenvalue weighted by atomic mass is 15.1. The molecule has 1 aliphatic carbocycles. The van der Waals surface area contributed by atoms with Gasteiger partial charge in [-0.2, -0.15) is 0 Å². The smallest absolute Gasteiger partial charge is 0.109 e. The standard InChI is InChI=1S/C17H29N3/c1-13(2)10-17-19-15-11-18-9-8-16(15)20(17)12-14-6-4-3-5-7-14/h13-14,18H,3-12H2,1-2H3. The second kappa shape index (κ2) is 6.30. The van der Waals surface area contributed by atoms with Crippen molar-refractivity contribution in [3.8, 4) is 0 Å². The summed E-state index contributed by atoms with van der Waals surface area (Å²) in [6.07, 6.45) is 9.44. The molecule has 3 heteroatoms. The maximum atomic E-state index is 4.96. The van der Waals surface area contributed by atoms with Gasteiger partial charge in [-0.3, -0.25) is 0 Å². The highest BCUT2D eigenvalue weighted by molar-refractivity contribution is 5.20. The molecule has 0 atom stereocenters. The summed E-state index contributed by atoms with van der Waals surface area (Å²) in [5.41, 5.74) is 2.85. The highest BCUT2D eigenvalue weighted by Crippen LogP contribution is 2.28. The predicted octanol–water partition coefficient (Wildman–Crippen LogP) is 3.31. The van der Waals surface area contributed by atoms with Crippen LogP contribution in [0.25, 0.3) is 0 Å². The zero-order valence-electron chi connectivity index (χ0n) is 13.1. The number of aromatic nitrogens is 2. The monoisotopic (exact) mass is 275 g/mol. The number of rotatable bonds is 4. The van der Waals surface area contributed by atoms with Crippen LogP contribution in [0.15, 0.2) is 0 Å². The van der Waals surface area contributed by atoms with E-state index in [1.807, 2.05) is 0 Å². The summed E-state index contributed by atoms with van der Waals surface area (Å²) in [7, 11) is 0. The van der Waals surface area contributed by atoms with Gasteiger partial charge in [0, 0.05) is 38.2 Å². The fourth-order valence-corrected chi connectivity index (χ4v) is 3.79. The Hall–Kier alpha value is -0.830. The summed E-state index contributed by atoms with van der Waals surface area (Å²) >= 11 is 0. The van der Waals surface area contributed by atoms with Crippen LogP contribution < -0.4 is 5.32 Å². The lowest BCUT2D eigenvalue weighted by atomic mass is 9.89. The minimum Gasteiger partial charge on any atom is -0.331 e. The van der Waals surface area contributed by atoms with E-state index in [0.717, 1.165) is 31.8 Å². The van der Waals surface area contributed by atoms with Crippen molar-refractivity contribution in [3.63, 3.8) is 0 Å². The molecular weight excluding hydrogens is 246 g/mol. The number of fused-ring (bicyclic) bond motifs is 1. The second-order valence-electron chi connectivity index (χ2n) is 7.06. The van der Waals surface area contributed by atoms with Crippen LogP contribution in [0.4, 0.5) is 0 Å². The maximum absolute atomic E-state index is 4.96. The van der Waals surface area contributed by atoms with E-state index in [9.17, 15) is 0 Å². The Labute approximate surface area is 123 Å². The van der Waals surface area contributed by atoms with Crippen LogP contribution in [0.3, 0.4) is 0 Å². The lowest BCUT2D eigenvalue weighted by Crippen LogP contribution is -2.26. The van der Waals surface area contributed by atoms with Crippen LogP contribution in [0.1, 0.15) is 63.2 Å². The molecule has 1 saturated carbocycles.